The first kappa shape index (κ1) is 27.2. The molecule has 9 heteroatoms. The highest BCUT2D eigenvalue weighted by Gasteiger charge is 2.32. The van der Waals surface area contributed by atoms with Crippen molar-refractivity contribution in [1.29, 1.82) is 0 Å². The lowest BCUT2D eigenvalue weighted by atomic mass is 10.0. The predicted molar refractivity (Wildman–Crippen MR) is 143 cm³/mol. The quantitative estimate of drug-likeness (QED) is 0.434. The molecule has 7 nitrogen and oxygen atoms in total. The summed E-state index contributed by atoms with van der Waals surface area (Å²) in [4.78, 5) is 28.3. The number of sulfonamides is 1. The standard InChI is InChI=1S/C27H30ClN3O4S/c1-20-12-14-22(15-13-20)18-30(25(27(33)29-2)16-21-8-5-4-6-9-21)26(32)19-31(36(3,34)35)24-11-7-10-23(28)17-24/h4-15,17,25H,16,18-19H2,1-3H3,(H,29,33). The van der Waals surface area contributed by atoms with Gasteiger partial charge < -0.3 is 10.2 Å². The molecule has 0 aliphatic rings. The van der Waals surface area contributed by atoms with Crippen molar-refractivity contribution >= 4 is 39.1 Å². The Morgan fingerprint density at radius 1 is 0.944 bits per heavy atom. The summed E-state index contributed by atoms with van der Waals surface area (Å²) in [7, 11) is -2.31. The van der Waals surface area contributed by atoms with Gasteiger partial charge >= 0.3 is 0 Å². The fourth-order valence-electron chi connectivity index (χ4n) is 3.86. The fourth-order valence-corrected chi connectivity index (χ4v) is 4.88. The minimum absolute atomic E-state index is 0.136. The van der Waals surface area contributed by atoms with Crippen LogP contribution in [0.1, 0.15) is 16.7 Å². The zero-order valence-electron chi connectivity index (χ0n) is 20.5. The van der Waals surface area contributed by atoms with E-state index in [1.165, 1.54) is 18.0 Å². The molecular formula is C27H30ClN3O4S. The van der Waals surface area contributed by atoms with Gasteiger partial charge in [-0.3, -0.25) is 13.9 Å². The molecular weight excluding hydrogens is 498 g/mol. The summed E-state index contributed by atoms with van der Waals surface area (Å²) in [6.07, 6.45) is 1.31. The maximum atomic E-state index is 13.8. The topological polar surface area (TPSA) is 86.8 Å². The van der Waals surface area contributed by atoms with E-state index in [-0.39, 0.29) is 24.6 Å². The van der Waals surface area contributed by atoms with Crippen LogP contribution in [0.25, 0.3) is 0 Å². The number of hydrogen-bond acceptors (Lipinski definition) is 4. The van der Waals surface area contributed by atoms with E-state index in [1.807, 2.05) is 61.5 Å². The summed E-state index contributed by atoms with van der Waals surface area (Å²) >= 11 is 6.09. The molecule has 1 N–H and O–H groups in total. The van der Waals surface area contributed by atoms with Crippen LogP contribution in [0, 0.1) is 6.92 Å². The normalized spacial score (nSPS) is 12.0. The first-order valence-corrected chi connectivity index (χ1v) is 13.6. The number of halogens is 1. The van der Waals surface area contributed by atoms with Crippen LogP contribution in [-0.2, 0) is 32.6 Å². The van der Waals surface area contributed by atoms with E-state index >= 15 is 0 Å². The Bertz CT molecular complexity index is 1300. The molecule has 0 aromatic heterocycles. The van der Waals surface area contributed by atoms with E-state index in [9.17, 15) is 18.0 Å². The number of hydrogen-bond donors (Lipinski definition) is 1. The molecule has 0 bridgehead atoms. The fraction of sp³-hybridized carbons (Fsp3) is 0.259. The number of likely N-dealkylation sites (N-methyl/N-ethyl adjacent to an activating group) is 1. The van der Waals surface area contributed by atoms with Gasteiger partial charge in [-0.15, -0.1) is 0 Å². The van der Waals surface area contributed by atoms with Crippen LogP contribution in [0.2, 0.25) is 5.02 Å². The summed E-state index contributed by atoms with van der Waals surface area (Å²) in [5.74, 6) is -0.849. The number of anilines is 1. The van der Waals surface area contributed by atoms with Crippen molar-refractivity contribution < 1.29 is 18.0 Å². The van der Waals surface area contributed by atoms with Crippen LogP contribution in [0.3, 0.4) is 0 Å². The Morgan fingerprint density at radius 2 is 1.61 bits per heavy atom. The van der Waals surface area contributed by atoms with Gasteiger partial charge in [0.1, 0.15) is 12.6 Å². The Hall–Kier alpha value is -3.36. The van der Waals surface area contributed by atoms with Crippen LogP contribution in [0.4, 0.5) is 5.69 Å². The molecule has 36 heavy (non-hydrogen) atoms. The van der Waals surface area contributed by atoms with Gasteiger partial charge in [-0.25, -0.2) is 8.42 Å². The molecule has 0 saturated heterocycles. The third-order valence-electron chi connectivity index (χ3n) is 5.77. The Morgan fingerprint density at radius 3 is 2.19 bits per heavy atom. The van der Waals surface area contributed by atoms with E-state index in [2.05, 4.69) is 5.32 Å². The molecule has 1 atom stereocenters. The zero-order valence-corrected chi connectivity index (χ0v) is 22.1. The van der Waals surface area contributed by atoms with Crippen molar-refractivity contribution in [2.24, 2.45) is 0 Å². The number of rotatable bonds is 10. The molecule has 3 aromatic rings. The lowest BCUT2D eigenvalue weighted by molar-refractivity contribution is -0.139. The highest BCUT2D eigenvalue weighted by molar-refractivity contribution is 7.92. The monoisotopic (exact) mass is 527 g/mol. The van der Waals surface area contributed by atoms with E-state index in [4.69, 9.17) is 11.6 Å². The second-order valence-electron chi connectivity index (χ2n) is 8.58. The highest BCUT2D eigenvalue weighted by atomic mass is 35.5. The summed E-state index contributed by atoms with van der Waals surface area (Å²) in [6.45, 7) is 1.62. The van der Waals surface area contributed by atoms with Gasteiger partial charge in [0, 0.05) is 25.0 Å². The first-order chi connectivity index (χ1) is 17.1. The minimum Gasteiger partial charge on any atom is -0.357 e. The van der Waals surface area contributed by atoms with Crippen molar-refractivity contribution in [2.75, 3.05) is 24.2 Å². The number of benzene rings is 3. The van der Waals surface area contributed by atoms with Crippen molar-refractivity contribution in [3.63, 3.8) is 0 Å². The number of aryl methyl sites for hydroxylation is 1. The average Bonchev–Trinajstić information content (AvgIpc) is 2.85. The van der Waals surface area contributed by atoms with Crippen LogP contribution >= 0.6 is 11.6 Å². The zero-order chi connectivity index (χ0) is 26.3. The average molecular weight is 528 g/mol. The van der Waals surface area contributed by atoms with Crippen molar-refractivity contribution in [3.05, 3.63) is 101 Å². The van der Waals surface area contributed by atoms with Gasteiger partial charge in [0.2, 0.25) is 21.8 Å². The highest BCUT2D eigenvalue weighted by Crippen LogP contribution is 2.23. The third kappa shape index (κ3) is 7.32. The second-order valence-corrected chi connectivity index (χ2v) is 10.9. The predicted octanol–water partition coefficient (Wildman–Crippen LogP) is 3.80. The number of carbonyl (C=O) groups excluding carboxylic acids is 2. The van der Waals surface area contributed by atoms with Crippen LogP contribution in [0.15, 0.2) is 78.9 Å². The summed E-state index contributed by atoms with van der Waals surface area (Å²) in [6, 6.07) is 22.5. The van der Waals surface area contributed by atoms with Crippen LogP contribution < -0.4 is 9.62 Å². The Balaban J connectivity index is 2.01. The molecule has 190 valence electrons. The number of carbonyl (C=O) groups is 2. The molecule has 0 spiro atoms. The molecule has 2 amide bonds. The van der Waals surface area contributed by atoms with Crippen molar-refractivity contribution in [1.82, 2.24) is 10.2 Å². The molecule has 0 saturated carbocycles. The van der Waals surface area contributed by atoms with E-state index in [0.29, 0.717) is 5.02 Å². The van der Waals surface area contributed by atoms with Gasteiger partial charge in [-0.2, -0.15) is 0 Å². The molecule has 0 aliphatic carbocycles. The largest absolute Gasteiger partial charge is 0.357 e. The SMILES string of the molecule is CNC(=O)C(Cc1ccccc1)N(Cc1ccc(C)cc1)C(=O)CN(c1cccc(Cl)c1)S(C)(=O)=O. The molecule has 3 rings (SSSR count). The number of nitrogens with zero attached hydrogens (tertiary/aromatic N) is 2. The second kappa shape index (κ2) is 12.1. The Kier molecular flexibility index (Phi) is 9.12. The van der Waals surface area contributed by atoms with Crippen molar-refractivity contribution in [3.8, 4) is 0 Å². The molecule has 1 unspecified atom stereocenters. The van der Waals surface area contributed by atoms with Gasteiger partial charge in [-0.1, -0.05) is 77.8 Å². The van der Waals surface area contributed by atoms with E-state index < -0.39 is 28.5 Å². The van der Waals surface area contributed by atoms with Crippen molar-refractivity contribution in [2.45, 2.75) is 25.9 Å². The Labute approximate surface area is 217 Å². The van der Waals surface area contributed by atoms with Gasteiger partial charge in [0.15, 0.2) is 0 Å². The van der Waals surface area contributed by atoms with Crippen LogP contribution in [0.5, 0.6) is 0 Å². The molecule has 3 aromatic carbocycles. The summed E-state index contributed by atoms with van der Waals surface area (Å²) in [5, 5.41) is 3.00. The maximum absolute atomic E-state index is 13.8. The lowest BCUT2D eigenvalue weighted by Crippen LogP contribution is -2.52. The van der Waals surface area contributed by atoms with Gasteiger partial charge in [0.05, 0.1) is 11.9 Å². The van der Waals surface area contributed by atoms with Gasteiger partial charge in [-0.05, 0) is 36.2 Å². The molecule has 0 fully saturated rings. The van der Waals surface area contributed by atoms with E-state index in [0.717, 1.165) is 27.3 Å². The first-order valence-electron chi connectivity index (χ1n) is 11.4. The third-order valence-corrected chi connectivity index (χ3v) is 7.14. The number of nitrogens with one attached hydrogen (secondary N) is 1. The van der Waals surface area contributed by atoms with Crippen LogP contribution in [-0.4, -0.2) is 51.0 Å². The smallest absolute Gasteiger partial charge is 0.244 e. The van der Waals surface area contributed by atoms with E-state index in [1.54, 1.807) is 18.2 Å². The molecule has 0 aliphatic heterocycles. The molecule has 0 radical (unpaired) electrons. The summed E-state index contributed by atoms with van der Waals surface area (Å²) < 4.78 is 26.4. The minimum atomic E-state index is -3.83. The summed E-state index contributed by atoms with van der Waals surface area (Å²) in [5.41, 5.74) is 3.04. The number of amides is 2. The van der Waals surface area contributed by atoms with Gasteiger partial charge in [0.25, 0.3) is 0 Å². The maximum Gasteiger partial charge on any atom is 0.244 e. The lowest BCUT2D eigenvalue weighted by Gasteiger charge is -2.33. The molecule has 0 heterocycles.